The largest absolute Gasteiger partial charge is 0.269 e. The van der Waals surface area contributed by atoms with Crippen LogP contribution in [0.5, 0.6) is 0 Å². The number of non-ortho nitro benzene ring substituents is 1. The highest BCUT2D eigenvalue weighted by atomic mass is 32.2. The molecular weight excluding hydrogens is 216 g/mol. The lowest BCUT2D eigenvalue weighted by Crippen LogP contribution is -1.97. The van der Waals surface area contributed by atoms with Gasteiger partial charge >= 0.3 is 0 Å². The molecule has 0 fully saturated rings. The molecule has 1 unspecified atom stereocenters. The first-order valence-electron chi connectivity index (χ1n) is 4.15. The van der Waals surface area contributed by atoms with Crippen LogP contribution in [0.25, 0.3) is 0 Å². The van der Waals surface area contributed by atoms with E-state index in [1.165, 1.54) is 24.3 Å². The van der Waals surface area contributed by atoms with Crippen LogP contribution in [0.4, 0.5) is 5.69 Å². The number of rotatable bonds is 4. The second-order valence-electron chi connectivity index (χ2n) is 2.71. The average molecular weight is 224 g/mol. The molecule has 15 heavy (non-hydrogen) atoms. The Morgan fingerprint density at radius 1 is 1.40 bits per heavy atom. The van der Waals surface area contributed by atoms with Crippen LogP contribution < -0.4 is 0 Å². The standard InChI is InChI=1S/C9H8N2O3S/c10-6-1-7-15(14)9-4-2-8(3-5-9)11(12)13/h2-5H,1,7H2. The van der Waals surface area contributed by atoms with E-state index >= 15 is 0 Å². The predicted molar refractivity (Wildman–Crippen MR) is 54.6 cm³/mol. The van der Waals surface area contributed by atoms with Gasteiger partial charge in [0.2, 0.25) is 0 Å². The van der Waals surface area contributed by atoms with Crippen molar-refractivity contribution in [3.8, 4) is 6.07 Å². The monoisotopic (exact) mass is 224 g/mol. The highest BCUT2D eigenvalue weighted by molar-refractivity contribution is 7.85. The summed E-state index contributed by atoms with van der Waals surface area (Å²) in [6.45, 7) is 0. The van der Waals surface area contributed by atoms with Crippen molar-refractivity contribution in [3.05, 3.63) is 34.4 Å². The summed E-state index contributed by atoms with van der Waals surface area (Å²) in [5, 5.41) is 18.6. The second kappa shape index (κ2) is 5.22. The van der Waals surface area contributed by atoms with Crippen LogP contribution >= 0.6 is 0 Å². The third-order valence-corrected chi connectivity index (χ3v) is 3.08. The third-order valence-electron chi connectivity index (χ3n) is 1.71. The Hall–Kier alpha value is -1.74. The molecule has 0 aliphatic rings. The van der Waals surface area contributed by atoms with E-state index in [1.807, 2.05) is 6.07 Å². The van der Waals surface area contributed by atoms with E-state index in [0.717, 1.165) is 0 Å². The van der Waals surface area contributed by atoms with Crippen molar-refractivity contribution < 1.29 is 9.13 Å². The molecule has 1 rings (SSSR count). The minimum absolute atomic E-state index is 0.0315. The van der Waals surface area contributed by atoms with Crippen molar-refractivity contribution in [1.29, 1.82) is 5.26 Å². The summed E-state index contributed by atoms with van der Waals surface area (Å²) < 4.78 is 11.5. The number of nitro groups is 1. The first kappa shape index (κ1) is 11.3. The quantitative estimate of drug-likeness (QED) is 0.574. The lowest BCUT2D eigenvalue weighted by atomic mass is 10.3. The minimum atomic E-state index is -1.25. The molecule has 6 heteroatoms. The van der Waals surface area contributed by atoms with Gasteiger partial charge in [0, 0.05) is 29.2 Å². The highest BCUT2D eigenvalue weighted by Crippen LogP contribution is 2.14. The van der Waals surface area contributed by atoms with E-state index < -0.39 is 15.7 Å². The number of hydrogen-bond donors (Lipinski definition) is 0. The molecule has 0 heterocycles. The maximum atomic E-state index is 11.5. The summed E-state index contributed by atoms with van der Waals surface area (Å²) in [7, 11) is -1.25. The van der Waals surface area contributed by atoms with Gasteiger partial charge in [-0.15, -0.1) is 0 Å². The topological polar surface area (TPSA) is 84.0 Å². The Balaban J connectivity index is 2.76. The maximum absolute atomic E-state index is 11.5. The predicted octanol–water partition coefficient (Wildman–Crippen LogP) is 1.62. The molecule has 0 aliphatic carbocycles. The summed E-state index contributed by atoms with van der Waals surface area (Å²) in [6, 6.07) is 7.41. The van der Waals surface area contributed by atoms with Crippen LogP contribution in [0.15, 0.2) is 29.2 Å². The van der Waals surface area contributed by atoms with Crippen LogP contribution in [-0.4, -0.2) is 14.9 Å². The molecule has 0 bridgehead atoms. The van der Waals surface area contributed by atoms with Crippen molar-refractivity contribution in [2.24, 2.45) is 0 Å². The molecule has 0 radical (unpaired) electrons. The fourth-order valence-corrected chi connectivity index (χ4v) is 1.93. The first-order valence-corrected chi connectivity index (χ1v) is 5.47. The highest BCUT2D eigenvalue weighted by Gasteiger charge is 2.07. The summed E-state index contributed by atoms with van der Waals surface area (Å²) >= 11 is 0. The smallest absolute Gasteiger partial charge is 0.258 e. The van der Waals surface area contributed by atoms with E-state index in [0.29, 0.717) is 4.90 Å². The Labute approximate surface area is 88.9 Å². The number of benzene rings is 1. The zero-order chi connectivity index (χ0) is 11.3. The number of nitriles is 1. The molecule has 5 nitrogen and oxygen atoms in total. The first-order chi connectivity index (χ1) is 7.15. The third kappa shape index (κ3) is 3.14. The Kier molecular flexibility index (Phi) is 3.94. The number of hydrogen-bond acceptors (Lipinski definition) is 4. The minimum Gasteiger partial charge on any atom is -0.258 e. The fraction of sp³-hybridized carbons (Fsp3) is 0.222. The zero-order valence-corrected chi connectivity index (χ0v) is 8.57. The van der Waals surface area contributed by atoms with Gasteiger partial charge < -0.3 is 0 Å². The SMILES string of the molecule is N#CCCS(=O)c1ccc([N+](=O)[O-])cc1. The lowest BCUT2D eigenvalue weighted by Gasteiger charge is -1.98. The van der Waals surface area contributed by atoms with E-state index in [4.69, 9.17) is 5.26 Å². The van der Waals surface area contributed by atoms with E-state index in [2.05, 4.69) is 0 Å². The van der Waals surface area contributed by atoms with Crippen molar-refractivity contribution >= 4 is 16.5 Å². The zero-order valence-electron chi connectivity index (χ0n) is 7.75. The molecule has 0 amide bonds. The van der Waals surface area contributed by atoms with Gasteiger partial charge in [-0.3, -0.25) is 14.3 Å². The van der Waals surface area contributed by atoms with Crippen LogP contribution in [-0.2, 0) is 10.8 Å². The summed E-state index contributed by atoms with van der Waals surface area (Å²) in [5.74, 6) is 0.258. The molecule has 78 valence electrons. The maximum Gasteiger partial charge on any atom is 0.269 e. The van der Waals surface area contributed by atoms with Crippen molar-refractivity contribution in [2.45, 2.75) is 11.3 Å². The number of nitrogens with zero attached hydrogens (tertiary/aromatic N) is 2. The van der Waals surface area contributed by atoms with E-state index in [1.54, 1.807) is 0 Å². The van der Waals surface area contributed by atoms with E-state index in [-0.39, 0.29) is 17.9 Å². The van der Waals surface area contributed by atoms with Crippen molar-refractivity contribution in [3.63, 3.8) is 0 Å². The molecule has 0 aromatic heterocycles. The summed E-state index contributed by atoms with van der Waals surface area (Å²) in [5.41, 5.74) is -0.0315. The molecule has 0 aliphatic heterocycles. The Morgan fingerprint density at radius 2 is 2.00 bits per heavy atom. The van der Waals surface area contributed by atoms with Crippen LogP contribution in [0.3, 0.4) is 0 Å². The molecule has 0 N–H and O–H groups in total. The van der Waals surface area contributed by atoms with Gasteiger partial charge in [0.05, 0.1) is 21.8 Å². The van der Waals surface area contributed by atoms with Crippen LogP contribution in [0.1, 0.15) is 6.42 Å². The molecular formula is C9H8N2O3S. The molecule has 0 saturated carbocycles. The molecule has 0 spiro atoms. The van der Waals surface area contributed by atoms with Gasteiger partial charge in [-0.2, -0.15) is 5.26 Å². The molecule has 1 atom stereocenters. The van der Waals surface area contributed by atoms with Crippen molar-refractivity contribution in [2.75, 3.05) is 5.75 Å². The van der Waals surface area contributed by atoms with Gasteiger partial charge in [0.1, 0.15) is 0 Å². The summed E-state index contributed by atoms with van der Waals surface area (Å²) in [4.78, 5) is 10.3. The molecule has 1 aromatic rings. The van der Waals surface area contributed by atoms with Gasteiger partial charge in [-0.25, -0.2) is 0 Å². The van der Waals surface area contributed by atoms with Gasteiger partial charge in [-0.1, -0.05) is 0 Å². The van der Waals surface area contributed by atoms with Crippen LogP contribution in [0.2, 0.25) is 0 Å². The van der Waals surface area contributed by atoms with Gasteiger partial charge in [0.25, 0.3) is 5.69 Å². The molecule has 0 saturated heterocycles. The number of nitro benzene ring substituents is 1. The van der Waals surface area contributed by atoms with E-state index in [9.17, 15) is 14.3 Å². The fourth-order valence-electron chi connectivity index (χ4n) is 0.976. The average Bonchev–Trinajstić information content (AvgIpc) is 2.26. The molecule has 1 aromatic carbocycles. The lowest BCUT2D eigenvalue weighted by molar-refractivity contribution is -0.384. The second-order valence-corrected chi connectivity index (χ2v) is 4.28. The summed E-state index contributed by atoms with van der Waals surface area (Å²) in [6.07, 6.45) is 0.212. The van der Waals surface area contributed by atoms with Gasteiger partial charge in [0.15, 0.2) is 0 Å². The normalized spacial score (nSPS) is 11.7. The Bertz CT molecular complexity index is 422. The van der Waals surface area contributed by atoms with Crippen molar-refractivity contribution in [1.82, 2.24) is 0 Å². The Morgan fingerprint density at radius 3 is 2.47 bits per heavy atom. The van der Waals surface area contributed by atoms with Gasteiger partial charge in [-0.05, 0) is 12.1 Å². The van der Waals surface area contributed by atoms with Crippen LogP contribution in [0, 0.1) is 21.4 Å².